The summed E-state index contributed by atoms with van der Waals surface area (Å²) in [6.45, 7) is -0.884. The first-order valence-electron chi connectivity index (χ1n) is 4.22. The molecule has 0 aliphatic carbocycles. The number of hydrogen-bond donors (Lipinski definition) is 0. The number of ether oxygens (including phenoxy) is 1. The van der Waals surface area contributed by atoms with E-state index in [1.165, 1.54) is 0 Å². The van der Waals surface area contributed by atoms with Crippen LogP contribution in [0.3, 0.4) is 0 Å². The third kappa shape index (κ3) is 3.80. The zero-order chi connectivity index (χ0) is 11.3. The normalized spacial score (nSPS) is 10.1. The second kappa shape index (κ2) is 6.08. The number of hydrogen-bond acceptors (Lipinski definition) is 2. The van der Waals surface area contributed by atoms with Gasteiger partial charge in [0.1, 0.15) is 5.75 Å². The molecule has 0 amide bonds. The highest BCUT2D eigenvalue weighted by atomic mass is 79.9. The lowest BCUT2D eigenvalue weighted by molar-refractivity contribution is -0.116. The molecule has 0 atom stereocenters. The van der Waals surface area contributed by atoms with Crippen molar-refractivity contribution < 1.29 is 13.9 Å². The zero-order valence-electron chi connectivity index (χ0n) is 7.80. The number of halogens is 3. The Morgan fingerprint density at radius 3 is 2.87 bits per heavy atom. The van der Waals surface area contributed by atoms with Crippen LogP contribution in [0.4, 0.5) is 4.39 Å². The van der Waals surface area contributed by atoms with Gasteiger partial charge < -0.3 is 4.74 Å². The van der Waals surface area contributed by atoms with Crippen LogP contribution in [0, 0.1) is 0 Å². The van der Waals surface area contributed by atoms with Crippen LogP contribution in [0.2, 0.25) is 0 Å². The zero-order valence-corrected chi connectivity index (χ0v) is 10.1. The van der Waals surface area contributed by atoms with Crippen LogP contribution < -0.4 is 4.74 Å². The lowest BCUT2D eigenvalue weighted by atomic mass is 10.1. The first-order valence-corrected chi connectivity index (χ1v) is 5.55. The van der Waals surface area contributed by atoms with Crippen LogP contribution in [-0.2, 0) is 11.2 Å². The molecule has 0 heterocycles. The van der Waals surface area contributed by atoms with Gasteiger partial charge in [-0.1, -0.05) is 15.9 Å². The second-order valence-electron chi connectivity index (χ2n) is 2.86. The number of carbonyl (C=O) groups excluding carboxylic acids is 1. The van der Waals surface area contributed by atoms with Gasteiger partial charge in [-0.15, -0.1) is 11.6 Å². The van der Waals surface area contributed by atoms with E-state index in [1.807, 2.05) is 0 Å². The van der Waals surface area contributed by atoms with Crippen LogP contribution in [0.15, 0.2) is 22.7 Å². The molecule has 1 rings (SSSR count). The van der Waals surface area contributed by atoms with E-state index in [4.69, 9.17) is 11.6 Å². The number of Topliss-reactive ketones (excluding diaryl/α,β-unsaturated/α-hetero) is 1. The largest absolute Gasteiger partial charge is 0.463 e. The highest BCUT2D eigenvalue weighted by molar-refractivity contribution is 9.10. The van der Waals surface area contributed by atoms with Crippen molar-refractivity contribution in [2.45, 2.75) is 6.42 Å². The smallest absolute Gasteiger partial charge is 0.228 e. The maximum absolute atomic E-state index is 11.9. The molecular formula is C10H9BrClFO2. The Hall–Kier alpha value is -0.610. The van der Waals surface area contributed by atoms with Gasteiger partial charge in [0, 0.05) is 10.9 Å². The summed E-state index contributed by atoms with van der Waals surface area (Å²) in [5.74, 6) is 0.286. The van der Waals surface area contributed by atoms with Crippen molar-refractivity contribution >= 4 is 33.3 Å². The number of ketones is 1. The summed E-state index contributed by atoms with van der Waals surface area (Å²) in [7, 11) is 0. The molecule has 0 radical (unpaired) electrons. The molecule has 0 unspecified atom stereocenters. The Balaban J connectivity index is 2.85. The van der Waals surface area contributed by atoms with Crippen LogP contribution in [0.5, 0.6) is 5.75 Å². The first kappa shape index (κ1) is 12.5. The predicted octanol–water partition coefficient (Wildman–Crippen LogP) is 3.11. The third-order valence-corrected chi connectivity index (χ3v) is 2.85. The van der Waals surface area contributed by atoms with E-state index in [1.54, 1.807) is 18.2 Å². The molecule has 0 spiro atoms. The molecule has 0 fully saturated rings. The first-order chi connectivity index (χ1) is 7.17. The minimum atomic E-state index is -0.884. The van der Waals surface area contributed by atoms with Gasteiger partial charge >= 0.3 is 0 Å². The molecule has 82 valence electrons. The second-order valence-corrected chi connectivity index (χ2v) is 3.98. The van der Waals surface area contributed by atoms with Crippen molar-refractivity contribution in [3.63, 3.8) is 0 Å². The Morgan fingerprint density at radius 1 is 1.53 bits per heavy atom. The van der Waals surface area contributed by atoms with Crippen molar-refractivity contribution in [2.24, 2.45) is 0 Å². The van der Waals surface area contributed by atoms with Gasteiger partial charge in [-0.05, 0) is 23.8 Å². The Labute approximate surface area is 101 Å². The predicted molar refractivity (Wildman–Crippen MR) is 60.2 cm³/mol. The highest BCUT2D eigenvalue weighted by Crippen LogP contribution is 2.23. The standard InChI is InChI=1S/C10H9BrClFO2/c11-10-2-1-9(15-6-13)4-7(10)3-8(14)5-12/h1-2,4H,3,5-6H2. The molecule has 1 aromatic rings. The average Bonchev–Trinajstić information content (AvgIpc) is 2.23. The van der Waals surface area contributed by atoms with Crippen molar-refractivity contribution in [1.29, 1.82) is 0 Å². The Morgan fingerprint density at radius 2 is 2.27 bits per heavy atom. The third-order valence-electron chi connectivity index (χ3n) is 1.78. The summed E-state index contributed by atoms with van der Waals surface area (Å²) in [4.78, 5) is 11.1. The van der Waals surface area contributed by atoms with Gasteiger partial charge in [0.05, 0.1) is 5.88 Å². The van der Waals surface area contributed by atoms with Crippen molar-refractivity contribution in [3.05, 3.63) is 28.2 Å². The van der Waals surface area contributed by atoms with Gasteiger partial charge in [-0.2, -0.15) is 0 Å². The molecular weight excluding hydrogens is 286 g/mol. The molecule has 15 heavy (non-hydrogen) atoms. The summed E-state index contributed by atoms with van der Waals surface area (Å²) in [6, 6.07) is 4.95. The number of alkyl halides is 2. The molecule has 0 N–H and O–H groups in total. The monoisotopic (exact) mass is 294 g/mol. The maximum Gasteiger partial charge on any atom is 0.228 e. The molecule has 0 bridgehead atoms. The van der Waals surface area contributed by atoms with E-state index in [0.717, 1.165) is 10.0 Å². The molecule has 0 saturated carbocycles. The van der Waals surface area contributed by atoms with Crippen molar-refractivity contribution in [1.82, 2.24) is 0 Å². The van der Waals surface area contributed by atoms with Crippen molar-refractivity contribution in [3.8, 4) is 5.75 Å². The molecule has 0 aromatic heterocycles. The number of carbonyl (C=O) groups is 1. The van der Waals surface area contributed by atoms with E-state index in [0.29, 0.717) is 5.75 Å². The van der Waals surface area contributed by atoms with E-state index in [9.17, 15) is 9.18 Å². The summed E-state index contributed by atoms with van der Waals surface area (Å²) in [6.07, 6.45) is 0.216. The fraction of sp³-hybridized carbons (Fsp3) is 0.300. The minimum absolute atomic E-state index is 0.0271. The Kier molecular flexibility index (Phi) is 5.05. The fourth-order valence-electron chi connectivity index (χ4n) is 1.10. The van der Waals surface area contributed by atoms with Crippen LogP contribution in [0.25, 0.3) is 0 Å². The summed E-state index contributed by atoms with van der Waals surface area (Å²) in [5, 5.41) is 0. The molecule has 2 nitrogen and oxygen atoms in total. The average molecular weight is 296 g/mol. The van der Waals surface area contributed by atoms with Crippen LogP contribution >= 0.6 is 27.5 Å². The minimum Gasteiger partial charge on any atom is -0.463 e. The van der Waals surface area contributed by atoms with Gasteiger partial charge in [0.15, 0.2) is 5.78 Å². The van der Waals surface area contributed by atoms with E-state index in [2.05, 4.69) is 20.7 Å². The summed E-state index contributed by atoms with van der Waals surface area (Å²) >= 11 is 8.69. The SMILES string of the molecule is O=C(CCl)Cc1cc(OCF)ccc1Br. The molecule has 1 aromatic carbocycles. The van der Waals surface area contributed by atoms with Gasteiger partial charge in [0.2, 0.25) is 6.86 Å². The molecule has 0 aliphatic rings. The number of rotatable bonds is 5. The van der Waals surface area contributed by atoms with Crippen LogP contribution in [-0.4, -0.2) is 18.5 Å². The van der Waals surface area contributed by atoms with Crippen molar-refractivity contribution in [2.75, 3.05) is 12.7 Å². The molecule has 0 aliphatic heterocycles. The van der Waals surface area contributed by atoms with E-state index >= 15 is 0 Å². The number of benzene rings is 1. The molecule has 0 saturated heterocycles. The highest BCUT2D eigenvalue weighted by Gasteiger charge is 2.07. The van der Waals surface area contributed by atoms with Gasteiger partial charge in [-0.25, -0.2) is 4.39 Å². The van der Waals surface area contributed by atoms with E-state index < -0.39 is 6.86 Å². The van der Waals surface area contributed by atoms with Gasteiger partial charge in [0.25, 0.3) is 0 Å². The molecule has 5 heteroatoms. The maximum atomic E-state index is 11.9. The van der Waals surface area contributed by atoms with Gasteiger partial charge in [-0.3, -0.25) is 4.79 Å². The lowest BCUT2D eigenvalue weighted by Gasteiger charge is -2.06. The van der Waals surface area contributed by atoms with E-state index in [-0.39, 0.29) is 18.1 Å². The topological polar surface area (TPSA) is 26.3 Å². The quantitative estimate of drug-likeness (QED) is 0.780. The fourth-order valence-corrected chi connectivity index (χ4v) is 1.58. The summed E-state index contributed by atoms with van der Waals surface area (Å²) < 4.78 is 17.4. The van der Waals surface area contributed by atoms with Crippen LogP contribution in [0.1, 0.15) is 5.56 Å². The Bertz CT molecular complexity index is 357. The lowest BCUT2D eigenvalue weighted by Crippen LogP contribution is -2.04. The summed E-state index contributed by atoms with van der Waals surface area (Å²) in [5.41, 5.74) is 0.742.